The topological polar surface area (TPSA) is 50.8 Å². The Labute approximate surface area is 159 Å². The average molecular weight is 364 g/mol. The van der Waals surface area contributed by atoms with Crippen molar-refractivity contribution in [1.82, 2.24) is 4.90 Å². The molecule has 0 spiro atoms. The van der Waals surface area contributed by atoms with Gasteiger partial charge in [0.15, 0.2) is 0 Å². The minimum Gasteiger partial charge on any atom is -0.491 e. The molecule has 2 aliphatic heterocycles. The van der Waals surface area contributed by atoms with Crippen LogP contribution in [0.15, 0.2) is 61.2 Å². The highest BCUT2D eigenvalue weighted by atomic mass is 16.5. The molecule has 5 nitrogen and oxygen atoms in total. The summed E-state index contributed by atoms with van der Waals surface area (Å²) in [6, 6.07) is 15.5. The van der Waals surface area contributed by atoms with Gasteiger partial charge in [-0.05, 0) is 42.7 Å². The molecule has 0 saturated carbocycles. The molecule has 1 amide bonds. The number of nitrogens with zero attached hydrogens (tertiary/aromatic N) is 1. The van der Waals surface area contributed by atoms with Gasteiger partial charge in [0.05, 0.1) is 11.7 Å². The second kappa shape index (κ2) is 7.84. The van der Waals surface area contributed by atoms with Gasteiger partial charge in [0.25, 0.3) is 5.91 Å². The molecule has 2 atom stereocenters. The van der Waals surface area contributed by atoms with Gasteiger partial charge in [-0.2, -0.15) is 0 Å². The molecule has 1 fully saturated rings. The van der Waals surface area contributed by atoms with Crippen LogP contribution in [-0.2, 0) is 4.74 Å². The van der Waals surface area contributed by atoms with E-state index in [9.17, 15) is 4.79 Å². The van der Waals surface area contributed by atoms with Crippen LogP contribution in [0.2, 0.25) is 0 Å². The maximum Gasteiger partial charge on any atom is 0.258 e. The lowest BCUT2D eigenvalue weighted by Crippen LogP contribution is -2.42. The maximum atomic E-state index is 13.0. The first-order valence-electron chi connectivity index (χ1n) is 9.38. The fourth-order valence-corrected chi connectivity index (χ4v) is 3.62. The fraction of sp³-hybridized carbons (Fsp3) is 0.318. The van der Waals surface area contributed by atoms with E-state index < -0.39 is 0 Å². The van der Waals surface area contributed by atoms with E-state index in [2.05, 4.69) is 11.9 Å². The van der Waals surface area contributed by atoms with Gasteiger partial charge in [-0.15, -0.1) is 6.58 Å². The van der Waals surface area contributed by atoms with E-state index >= 15 is 0 Å². The molecular formula is C22H24N2O3. The van der Waals surface area contributed by atoms with Crippen molar-refractivity contribution in [2.75, 3.05) is 25.1 Å². The molecule has 2 aromatic carbocycles. The molecule has 0 bridgehead atoms. The molecule has 1 saturated heterocycles. The summed E-state index contributed by atoms with van der Waals surface area (Å²) in [7, 11) is 0. The first-order valence-corrected chi connectivity index (χ1v) is 9.38. The number of ether oxygens (including phenoxy) is 2. The Morgan fingerprint density at radius 3 is 2.96 bits per heavy atom. The number of benzene rings is 2. The highest BCUT2D eigenvalue weighted by Gasteiger charge is 2.32. The molecular weight excluding hydrogens is 340 g/mol. The minimum atomic E-state index is -0.267. The number of hydrogen-bond acceptors (Lipinski definition) is 4. The molecule has 2 heterocycles. The number of carbonyl (C=O) groups excluding carboxylic acids is 1. The summed E-state index contributed by atoms with van der Waals surface area (Å²) in [6.45, 7) is 5.64. The van der Waals surface area contributed by atoms with Crippen LogP contribution in [-0.4, -0.2) is 36.7 Å². The van der Waals surface area contributed by atoms with E-state index in [4.69, 9.17) is 9.47 Å². The van der Waals surface area contributed by atoms with Crippen LogP contribution >= 0.6 is 0 Å². The van der Waals surface area contributed by atoms with Crippen LogP contribution in [0, 0.1) is 0 Å². The normalized spacial score (nSPS) is 21.5. The number of para-hydroxylation sites is 1. The number of rotatable bonds is 6. The molecule has 0 aromatic heterocycles. The molecule has 2 unspecified atom stereocenters. The van der Waals surface area contributed by atoms with Crippen LogP contribution in [0.3, 0.4) is 0 Å². The average Bonchev–Trinajstić information content (AvgIpc) is 3.22. The smallest absolute Gasteiger partial charge is 0.258 e. The Morgan fingerprint density at radius 1 is 1.26 bits per heavy atom. The van der Waals surface area contributed by atoms with Gasteiger partial charge in [0, 0.05) is 18.8 Å². The molecule has 0 aliphatic carbocycles. The summed E-state index contributed by atoms with van der Waals surface area (Å²) in [6.07, 6.45) is 3.79. The molecule has 2 aliphatic rings. The summed E-state index contributed by atoms with van der Waals surface area (Å²) < 4.78 is 11.6. The molecule has 4 rings (SSSR count). The van der Waals surface area contributed by atoms with Gasteiger partial charge in [0.2, 0.25) is 0 Å². The Hall–Kier alpha value is -2.79. The first-order chi connectivity index (χ1) is 13.3. The van der Waals surface area contributed by atoms with Crippen LogP contribution in [0.5, 0.6) is 5.75 Å². The van der Waals surface area contributed by atoms with Crippen molar-refractivity contribution >= 4 is 11.6 Å². The SMILES string of the molecule is C=CCN1C(=O)c2ccccc2NC1c1cccc(OCC2CCCO2)c1. The lowest BCUT2D eigenvalue weighted by Gasteiger charge is -2.37. The molecule has 2 aromatic rings. The van der Waals surface area contributed by atoms with Gasteiger partial charge < -0.3 is 19.7 Å². The summed E-state index contributed by atoms with van der Waals surface area (Å²) in [5.41, 5.74) is 2.50. The zero-order valence-electron chi connectivity index (χ0n) is 15.3. The van der Waals surface area contributed by atoms with E-state index in [1.54, 1.807) is 11.0 Å². The van der Waals surface area contributed by atoms with Gasteiger partial charge in [-0.3, -0.25) is 4.79 Å². The van der Waals surface area contributed by atoms with E-state index in [1.165, 1.54) is 0 Å². The third kappa shape index (κ3) is 3.69. The summed E-state index contributed by atoms with van der Waals surface area (Å²) in [5.74, 6) is 0.787. The first kappa shape index (κ1) is 17.6. The zero-order chi connectivity index (χ0) is 18.6. The quantitative estimate of drug-likeness (QED) is 0.787. The second-order valence-electron chi connectivity index (χ2n) is 6.86. The molecule has 5 heteroatoms. The third-order valence-electron chi connectivity index (χ3n) is 4.98. The van der Waals surface area contributed by atoms with Crippen molar-refractivity contribution in [3.63, 3.8) is 0 Å². The van der Waals surface area contributed by atoms with Gasteiger partial charge in [0.1, 0.15) is 18.5 Å². The van der Waals surface area contributed by atoms with E-state index in [0.717, 1.165) is 36.4 Å². The third-order valence-corrected chi connectivity index (χ3v) is 4.98. The van der Waals surface area contributed by atoms with Crippen molar-refractivity contribution in [3.05, 3.63) is 72.3 Å². The maximum absolute atomic E-state index is 13.0. The monoisotopic (exact) mass is 364 g/mol. The van der Waals surface area contributed by atoms with Gasteiger partial charge in [-0.25, -0.2) is 0 Å². The molecule has 27 heavy (non-hydrogen) atoms. The summed E-state index contributed by atoms with van der Waals surface area (Å²) in [5, 5.41) is 3.48. The number of carbonyl (C=O) groups is 1. The van der Waals surface area contributed by atoms with E-state index in [0.29, 0.717) is 18.7 Å². The Morgan fingerprint density at radius 2 is 2.15 bits per heavy atom. The van der Waals surface area contributed by atoms with Crippen LogP contribution < -0.4 is 10.1 Å². The summed E-state index contributed by atoms with van der Waals surface area (Å²) >= 11 is 0. The molecule has 0 radical (unpaired) electrons. The van der Waals surface area contributed by atoms with E-state index in [-0.39, 0.29) is 18.2 Å². The highest BCUT2D eigenvalue weighted by molar-refractivity contribution is 6.01. The predicted molar refractivity (Wildman–Crippen MR) is 105 cm³/mol. The zero-order valence-corrected chi connectivity index (χ0v) is 15.3. The van der Waals surface area contributed by atoms with Crippen molar-refractivity contribution in [3.8, 4) is 5.75 Å². The van der Waals surface area contributed by atoms with Gasteiger partial charge in [-0.1, -0.05) is 30.3 Å². The largest absolute Gasteiger partial charge is 0.491 e. The number of amides is 1. The van der Waals surface area contributed by atoms with Crippen molar-refractivity contribution in [2.45, 2.75) is 25.1 Å². The van der Waals surface area contributed by atoms with Crippen LogP contribution in [0.1, 0.15) is 34.9 Å². The predicted octanol–water partition coefficient (Wildman–Crippen LogP) is 4.00. The summed E-state index contributed by atoms with van der Waals surface area (Å²) in [4.78, 5) is 14.8. The standard InChI is InChI=1S/C22H24N2O3/c1-2-12-24-21(23-20-11-4-3-10-19(20)22(24)25)16-7-5-8-17(14-16)27-15-18-9-6-13-26-18/h2-5,7-8,10-11,14,18,21,23H,1,6,9,12-13,15H2. The lowest BCUT2D eigenvalue weighted by atomic mass is 10.0. The minimum absolute atomic E-state index is 0.0000675. The number of nitrogens with one attached hydrogen (secondary N) is 1. The Bertz CT molecular complexity index is 830. The van der Waals surface area contributed by atoms with Crippen LogP contribution in [0.4, 0.5) is 5.69 Å². The van der Waals surface area contributed by atoms with Crippen molar-refractivity contribution in [2.24, 2.45) is 0 Å². The Kier molecular flexibility index (Phi) is 5.12. The number of hydrogen-bond donors (Lipinski definition) is 1. The van der Waals surface area contributed by atoms with Gasteiger partial charge >= 0.3 is 0 Å². The van der Waals surface area contributed by atoms with Crippen molar-refractivity contribution < 1.29 is 14.3 Å². The second-order valence-corrected chi connectivity index (χ2v) is 6.86. The fourth-order valence-electron chi connectivity index (χ4n) is 3.62. The number of anilines is 1. The van der Waals surface area contributed by atoms with Crippen molar-refractivity contribution in [1.29, 1.82) is 0 Å². The number of fused-ring (bicyclic) bond motifs is 1. The van der Waals surface area contributed by atoms with Crippen LogP contribution in [0.25, 0.3) is 0 Å². The molecule has 1 N–H and O–H groups in total. The Balaban J connectivity index is 1.58. The van der Waals surface area contributed by atoms with E-state index in [1.807, 2.05) is 48.5 Å². The lowest BCUT2D eigenvalue weighted by molar-refractivity contribution is 0.0676. The highest BCUT2D eigenvalue weighted by Crippen LogP contribution is 2.34. The molecule has 140 valence electrons.